The van der Waals surface area contributed by atoms with Crippen LogP contribution < -0.4 is 5.32 Å². The Balaban J connectivity index is 1.44. The van der Waals surface area contributed by atoms with E-state index in [4.69, 9.17) is 11.6 Å². The molecule has 3 rings (SSSR count). The van der Waals surface area contributed by atoms with Gasteiger partial charge in [0.2, 0.25) is 0 Å². The molecular weight excluding hydrogens is 342 g/mol. The molecule has 0 saturated carbocycles. The number of benzene rings is 1. The van der Waals surface area contributed by atoms with E-state index in [-0.39, 0.29) is 6.03 Å². The molecule has 0 atom stereocenters. The maximum absolute atomic E-state index is 12.3. The molecule has 1 aromatic carbocycles. The molecule has 4 nitrogen and oxygen atoms in total. The number of para-hydroxylation sites is 1. The van der Waals surface area contributed by atoms with Crippen molar-refractivity contribution in [2.24, 2.45) is 5.92 Å². The van der Waals surface area contributed by atoms with Gasteiger partial charge in [-0.1, -0.05) is 29.8 Å². The van der Waals surface area contributed by atoms with Gasteiger partial charge in [0.25, 0.3) is 0 Å². The topological polar surface area (TPSA) is 45.2 Å². The van der Waals surface area contributed by atoms with Gasteiger partial charge in [-0.3, -0.25) is 0 Å². The molecule has 126 valence electrons. The molecule has 2 amide bonds. The fourth-order valence-electron chi connectivity index (χ4n) is 2.70. The van der Waals surface area contributed by atoms with Crippen LogP contribution in [0.2, 0.25) is 5.02 Å². The Bertz CT molecular complexity index is 675. The Morgan fingerprint density at radius 1 is 1.21 bits per heavy atom. The fraction of sp³-hybridized carbons (Fsp3) is 0.333. The summed E-state index contributed by atoms with van der Waals surface area (Å²) in [5, 5.41) is 4.52. The van der Waals surface area contributed by atoms with E-state index in [0.29, 0.717) is 16.6 Å². The molecule has 0 aliphatic carbocycles. The van der Waals surface area contributed by atoms with E-state index in [1.807, 2.05) is 47.5 Å². The first-order chi connectivity index (χ1) is 11.7. The third kappa shape index (κ3) is 4.65. The van der Waals surface area contributed by atoms with Crippen LogP contribution in [0, 0.1) is 5.92 Å². The highest BCUT2D eigenvalue weighted by atomic mass is 35.5. The van der Waals surface area contributed by atoms with Gasteiger partial charge in [-0.2, -0.15) is 0 Å². The molecule has 1 saturated heterocycles. The van der Waals surface area contributed by atoms with Crippen LogP contribution in [0.4, 0.5) is 10.5 Å². The number of rotatable bonds is 4. The van der Waals surface area contributed by atoms with Gasteiger partial charge in [0.1, 0.15) is 0 Å². The SMILES string of the molecule is O=C(Nc1ccccc1Cl)N1CCC(CSc2ccccn2)CC1. The van der Waals surface area contributed by atoms with Gasteiger partial charge in [0, 0.05) is 25.0 Å². The molecule has 1 fully saturated rings. The number of carbonyl (C=O) groups is 1. The maximum atomic E-state index is 12.3. The standard InChI is InChI=1S/C18H20ClN3OS/c19-15-5-1-2-6-16(15)21-18(23)22-11-8-14(9-12-22)13-24-17-7-3-4-10-20-17/h1-7,10,14H,8-9,11-13H2,(H,21,23). The van der Waals surface area contributed by atoms with Gasteiger partial charge in [0.15, 0.2) is 0 Å². The molecule has 0 unspecified atom stereocenters. The number of amides is 2. The number of halogens is 1. The van der Waals surface area contributed by atoms with E-state index in [1.54, 1.807) is 17.8 Å². The van der Waals surface area contributed by atoms with Gasteiger partial charge in [-0.25, -0.2) is 9.78 Å². The Kier molecular flexibility index (Phi) is 5.99. The number of piperidine rings is 1. The van der Waals surface area contributed by atoms with Gasteiger partial charge in [0.05, 0.1) is 15.7 Å². The van der Waals surface area contributed by atoms with Crippen molar-refractivity contribution in [2.45, 2.75) is 17.9 Å². The molecule has 1 N–H and O–H groups in total. The third-order valence-electron chi connectivity index (χ3n) is 4.12. The smallest absolute Gasteiger partial charge is 0.321 e. The number of hydrogen-bond acceptors (Lipinski definition) is 3. The van der Waals surface area contributed by atoms with Gasteiger partial charge < -0.3 is 10.2 Å². The molecule has 1 aromatic heterocycles. The predicted molar refractivity (Wildman–Crippen MR) is 99.7 cm³/mol. The average molecular weight is 362 g/mol. The number of pyridine rings is 1. The monoisotopic (exact) mass is 361 g/mol. The zero-order valence-electron chi connectivity index (χ0n) is 13.3. The van der Waals surface area contributed by atoms with Crippen LogP contribution in [0.15, 0.2) is 53.7 Å². The number of carbonyl (C=O) groups excluding carboxylic acids is 1. The first-order valence-electron chi connectivity index (χ1n) is 8.06. The van der Waals surface area contributed by atoms with Crippen LogP contribution in [0.5, 0.6) is 0 Å². The molecule has 0 spiro atoms. The number of aromatic nitrogens is 1. The molecule has 1 aliphatic rings. The summed E-state index contributed by atoms with van der Waals surface area (Å²) in [5.74, 6) is 1.68. The molecule has 2 heterocycles. The van der Waals surface area contributed by atoms with Crippen LogP contribution in [0.1, 0.15) is 12.8 Å². The second-order valence-electron chi connectivity index (χ2n) is 5.82. The summed E-state index contributed by atoms with van der Waals surface area (Å²) in [5.41, 5.74) is 0.664. The van der Waals surface area contributed by atoms with E-state index >= 15 is 0 Å². The lowest BCUT2D eigenvalue weighted by atomic mass is 9.99. The molecular formula is C18H20ClN3OS. The molecule has 1 aliphatic heterocycles. The number of nitrogens with one attached hydrogen (secondary N) is 1. The minimum absolute atomic E-state index is 0.0704. The fourth-order valence-corrected chi connectivity index (χ4v) is 3.93. The number of thioether (sulfide) groups is 1. The van der Waals surface area contributed by atoms with E-state index < -0.39 is 0 Å². The van der Waals surface area contributed by atoms with Crippen LogP contribution in [0.3, 0.4) is 0 Å². The summed E-state index contributed by atoms with van der Waals surface area (Å²) in [6.45, 7) is 1.56. The molecule has 0 radical (unpaired) electrons. The number of hydrogen-bond donors (Lipinski definition) is 1. The Labute approximate surface area is 151 Å². The van der Waals surface area contributed by atoms with E-state index in [2.05, 4.69) is 10.3 Å². The highest BCUT2D eigenvalue weighted by Crippen LogP contribution is 2.26. The number of urea groups is 1. The van der Waals surface area contributed by atoms with E-state index in [1.165, 1.54) is 0 Å². The van der Waals surface area contributed by atoms with Crippen molar-refractivity contribution >= 4 is 35.1 Å². The highest BCUT2D eigenvalue weighted by Gasteiger charge is 2.23. The van der Waals surface area contributed by atoms with Crippen molar-refractivity contribution in [3.05, 3.63) is 53.7 Å². The normalized spacial score (nSPS) is 15.3. The van der Waals surface area contributed by atoms with E-state index in [9.17, 15) is 4.79 Å². The van der Waals surface area contributed by atoms with Crippen molar-refractivity contribution < 1.29 is 4.79 Å². The summed E-state index contributed by atoms with van der Waals surface area (Å²) in [6.07, 6.45) is 3.87. The molecule has 0 bridgehead atoms. The Hall–Kier alpha value is -1.72. The second-order valence-corrected chi connectivity index (χ2v) is 7.27. The second kappa shape index (κ2) is 8.40. The average Bonchev–Trinajstić information content (AvgIpc) is 2.63. The largest absolute Gasteiger partial charge is 0.325 e. The maximum Gasteiger partial charge on any atom is 0.321 e. The summed E-state index contributed by atoms with van der Waals surface area (Å²) >= 11 is 7.88. The first kappa shape index (κ1) is 17.1. The van der Waals surface area contributed by atoms with E-state index in [0.717, 1.165) is 36.7 Å². The number of nitrogens with zero attached hydrogens (tertiary/aromatic N) is 2. The molecule has 2 aromatic rings. The first-order valence-corrected chi connectivity index (χ1v) is 9.43. The number of anilines is 1. The van der Waals surface area contributed by atoms with Gasteiger partial charge in [-0.05, 0) is 43.0 Å². The molecule has 24 heavy (non-hydrogen) atoms. The molecule has 6 heteroatoms. The Morgan fingerprint density at radius 2 is 1.96 bits per heavy atom. The summed E-state index contributed by atoms with van der Waals surface area (Å²) in [4.78, 5) is 18.6. The summed E-state index contributed by atoms with van der Waals surface area (Å²) in [7, 11) is 0. The van der Waals surface area contributed by atoms with Crippen LogP contribution in [-0.4, -0.2) is 34.8 Å². The third-order valence-corrected chi connectivity index (χ3v) is 5.63. The summed E-state index contributed by atoms with van der Waals surface area (Å²) in [6, 6.07) is 13.2. The van der Waals surface area contributed by atoms with Crippen LogP contribution in [-0.2, 0) is 0 Å². The minimum atomic E-state index is -0.0704. The zero-order chi connectivity index (χ0) is 16.8. The zero-order valence-corrected chi connectivity index (χ0v) is 14.9. The van der Waals surface area contributed by atoms with Crippen molar-refractivity contribution in [1.29, 1.82) is 0 Å². The van der Waals surface area contributed by atoms with Crippen LogP contribution >= 0.6 is 23.4 Å². The van der Waals surface area contributed by atoms with Crippen LogP contribution in [0.25, 0.3) is 0 Å². The number of likely N-dealkylation sites (tertiary alicyclic amines) is 1. The summed E-state index contributed by atoms with van der Waals surface area (Å²) < 4.78 is 0. The minimum Gasteiger partial charge on any atom is -0.325 e. The lowest BCUT2D eigenvalue weighted by molar-refractivity contribution is 0.187. The van der Waals surface area contributed by atoms with Crippen molar-refractivity contribution in [2.75, 3.05) is 24.2 Å². The van der Waals surface area contributed by atoms with Crippen molar-refractivity contribution in [3.63, 3.8) is 0 Å². The highest BCUT2D eigenvalue weighted by molar-refractivity contribution is 7.99. The predicted octanol–water partition coefficient (Wildman–Crippen LogP) is 4.77. The quantitative estimate of drug-likeness (QED) is 0.798. The van der Waals surface area contributed by atoms with Gasteiger partial charge in [-0.15, -0.1) is 11.8 Å². The van der Waals surface area contributed by atoms with Crippen molar-refractivity contribution in [1.82, 2.24) is 9.88 Å². The van der Waals surface area contributed by atoms with Crippen molar-refractivity contribution in [3.8, 4) is 0 Å². The lowest BCUT2D eigenvalue weighted by Gasteiger charge is -2.31. The lowest BCUT2D eigenvalue weighted by Crippen LogP contribution is -2.41. The Morgan fingerprint density at radius 3 is 2.67 bits per heavy atom. The van der Waals surface area contributed by atoms with Gasteiger partial charge >= 0.3 is 6.03 Å².